The third-order valence-corrected chi connectivity index (χ3v) is 2.32. The molecule has 0 bridgehead atoms. The van der Waals surface area contributed by atoms with Crippen LogP contribution in [0.15, 0.2) is 24.4 Å². The molecule has 6 nitrogen and oxygen atoms in total. The molecule has 0 spiro atoms. The molecule has 2 N–H and O–H groups in total. The quantitative estimate of drug-likeness (QED) is 0.485. The first-order valence-corrected chi connectivity index (χ1v) is 5.73. The first kappa shape index (κ1) is 10.9. The molecule has 0 atom stereocenters. The number of rotatable bonds is 3. The summed E-state index contributed by atoms with van der Waals surface area (Å²) in [6.07, 6.45) is 1.82. The summed E-state index contributed by atoms with van der Waals surface area (Å²) in [6.45, 7) is 1.94. The van der Waals surface area contributed by atoms with Crippen molar-refractivity contribution in [2.24, 2.45) is 0 Å². The molecular formula is C9H9NO5S. The lowest BCUT2D eigenvalue weighted by Gasteiger charge is -2.01. The Morgan fingerprint density at radius 3 is 2.81 bits per heavy atom. The zero-order valence-corrected chi connectivity index (χ0v) is 9.11. The highest BCUT2D eigenvalue weighted by atomic mass is 32.3. The van der Waals surface area contributed by atoms with Crippen LogP contribution in [0.3, 0.4) is 0 Å². The topological polar surface area (TPSA) is 88.6 Å². The maximum Gasteiger partial charge on any atom is 0.432 e. The van der Waals surface area contributed by atoms with Gasteiger partial charge in [0.2, 0.25) is 0 Å². The van der Waals surface area contributed by atoms with E-state index in [9.17, 15) is 8.42 Å². The minimum absolute atomic E-state index is 0.173. The molecule has 0 aliphatic heterocycles. The average Bonchev–Trinajstić information content (AvgIpc) is 2.56. The lowest BCUT2D eigenvalue weighted by molar-refractivity contribution is -0.102. The van der Waals surface area contributed by atoms with Crippen LogP contribution in [0.5, 0.6) is 5.75 Å². The minimum atomic E-state index is -4.60. The van der Waals surface area contributed by atoms with E-state index in [0.717, 1.165) is 16.5 Å². The van der Waals surface area contributed by atoms with Crippen molar-refractivity contribution >= 4 is 21.3 Å². The van der Waals surface area contributed by atoms with Gasteiger partial charge in [0.05, 0.1) is 0 Å². The molecule has 0 unspecified atom stereocenters. The monoisotopic (exact) mass is 243 g/mol. The summed E-state index contributed by atoms with van der Waals surface area (Å²) < 4.78 is 32.6. The van der Waals surface area contributed by atoms with Crippen LogP contribution >= 0.6 is 0 Å². The normalized spacial score (nSPS) is 11.9. The third kappa shape index (κ3) is 2.32. The molecule has 0 saturated carbocycles. The average molecular weight is 243 g/mol. The van der Waals surface area contributed by atoms with E-state index in [1.165, 1.54) is 6.07 Å². The Morgan fingerprint density at radius 1 is 1.38 bits per heavy atom. The van der Waals surface area contributed by atoms with Crippen molar-refractivity contribution in [2.75, 3.05) is 0 Å². The molecule has 1 aromatic heterocycles. The summed E-state index contributed by atoms with van der Waals surface area (Å²) in [5, 5.41) is 0.999. The Balaban J connectivity index is 2.26. The fourth-order valence-corrected chi connectivity index (χ4v) is 1.55. The first-order chi connectivity index (χ1) is 7.46. The highest BCUT2D eigenvalue weighted by Crippen LogP contribution is 2.22. The van der Waals surface area contributed by atoms with Crippen LogP contribution < -0.4 is 4.89 Å². The number of aryl methyl sites for hydroxylation is 1. The maximum absolute atomic E-state index is 10.3. The van der Waals surface area contributed by atoms with Crippen molar-refractivity contribution < 1.29 is 22.2 Å². The van der Waals surface area contributed by atoms with Gasteiger partial charge >= 0.3 is 10.4 Å². The van der Waals surface area contributed by atoms with Gasteiger partial charge in [0.25, 0.3) is 0 Å². The van der Waals surface area contributed by atoms with Crippen molar-refractivity contribution in [3.8, 4) is 5.75 Å². The number of aromatic nitrogens is 1. The zero-order valence-electron chi connectivity index (χ0n) is 8.30. The molecule has 2 rings (SSSR count). The van der Waals surface area contributed by atoms with E-state index in [4.69, 9.17) is 4.55 Å². The molecule has 1 heterocycles. The molecule has 0 aliphatic rings. The third-order valence-electron chi connectivity index (χ3n) is 2.08. The van der Waals surface area contributed by atoms with E-state index < -0.39 is 10.4 Å². The van der Waals surface area contributed by atoms with Crippen LogP contribution in [-0.2, 0) is 14.7 Å². The second-order valence-corrected chi connectivity index (χ2v) is 4.25. The molecule has 0 fully saturated rings. The predicted octanol–water partition coefficient (Wildman–Crippen LogP) is 1.59. The van der Waals surface area contributed by atoms with Crippen LogP contribution in [0.2, 0.25) is 0 Å². The zero-order chi connectivity index (χ0) is 11.8. The highest BCUT2D eigenvalue weighted by Gasteiger charge is 2.08. The molecule has 1 aromatic carbocycles. The van der Waals surface area contributed by atoms with E-state index in [1.807, 2.05) is 13.1 Å². The van der Waals surface area contributed by atoms with Crippen molar-refractivity contribution in [3.05, 3.63) is 30.0 Å². The van der Waals surface area contributed by atoms with Gasteiger partial charge in [-0.1, -0.05) is 0 Å². The van der Waals surface area contributed by atoms with Crippen molar-refractivity contribution in [1.82, 2.24) is 4.98 Å². The van der Waals surface area contributed by atoms with Gasteiger partial charge in [0, 0.05) is 23.2 Å². The number of hydrogen-bond donors (Lipinski definition) is 2. The lowest BCUT2D eigenvalue weighted by atomic mass is 10.2. The summed E-state index contributed by atoms with van der Waals surface area (Å²) in [6, 6.07) is 4.85. The summed E-state index contributed by atoms with van der Waals surface area (Å²) in [5.41, 5.74) is 1.85. The van der Waals surface area contributed by atoms with Gasteiger partial charge in [0.15, 0.2) is 5.75 Å². The van der Waals surface area contributed by atoms with E-state index in [1.54, 1.807) is 12.1 Å². The summed E-state index contributed by atoms with van der Waals surface area (Å²) >= 11 is 0. The van der Waals surface area contributed by atoms with Crippen molar-refractivity contribution in [2.45, 2.75) is 6.92 Å². The van der Waals surface area contributed by atoms with Crippen molar-refractivity contribution in [3.63, 3.8) is 0 Å². The second kappa shape index (κ2) is 3.78. The molecule has 0 saturated heterocycles. The Labute approximate surface area is 91.7 Å². The van der Waals surface area contributed by atoms with Gasteiger partial charge in [-0.15, -0.1) is 0 Å². The number of hydrogen-bond acceptors (Lipinski definition) is 4. The molecule has 0 amide bonds. The molecule has 16 heavy (non-hydrogen) atoms. The minimum Gasteiger partial charge on any atom is -0.361 e. The lowest BCUT2D eigenvalue weighted by Crippen LogP contribution is -2.06. The molecule has 0 radical (unpaired) electrons. The number of nitrogens with one attached hydrogen (secondary N) is 1. The Hall–Kier alpha value is -1.57. The van der Waals surface area contributed by atoms with Gasteiger partial charge in [-0.2, -0.15) is 8.42 Å². The summed E-state index contributed by atoms with van der Waals surface area (Å²) in [7, 11) is -4.60. The van der Waals surface area contributed by atoms with Gasteiger partial charge in [-0.3, -0.25) is 4.55 Å². The van der Waals surface area contributed by atoms with Crippen LogP contribution in [0, 0.1) is 6.92 Å². The number of H-pyrrole nitrogens is 1. The smallest absolute Gasteiger partial charge is 0.361 e. The number of fused-ring (bicyclic) bond motifs is 1. The first-order valence-electron chi connectivity index (χ1n) is 4.37. The van der Waals surface area contributed by atoms with E-state index in [-0.39, 0.29) is 5.75 Å². The van der Waals surface area contributed by atoms with Gasteiger partial charge in [-0.05, 0) is 29.0 Å². The highest BCUT2D eigenvalue weighted by molar-refractivity contribution is 7.80. The maximum atomic E-state index is 10.3. The number of aromatic amines is 1. The standard InChI is InChI=1S/C9H9NO5S/c1-6-5-10-9-4-7(2-3-8(6)9)14-15-16(11,12)13/h2-5,10H,1H3,(H,11,12,13). The van der Waals surface area contributed by atoms with Crippen LogP contribution in [0.25, 0.3) is 10.9 Å². The van der Waals surface area contributed by atoms with Crippen molar-refractivity contribution in [1.29, 1.82) is 0 Å². The number of benzene rings is 1. The SMILES string of the molecule is Cc1c[nH]c2cc(OOS(=O)(=O)O)ccc12. The van der Waals surface area contributed by atoms with E-state index >= 15 is 0 Å². The Kier molecular flexibility index (Phi) is 2.58. The van der Waals surface area contributed by atoms with Crippen LogP contribution in [-0.4, -0.2) is 18.0 Å². The molecule has 7 heteroatoms. The molecular weight excluding hydrogens is 234 g/mol. The molecule has 0 aliphatic carbocycles. The predicted molar refractivity (Wildman–Crippen MR) is 56.3 cm³/mol. The van der Waals surface area contributed by atoms with E-state index in [0.29, 0.717) is 0 Å². The molecule has 2 aromatic rings. The van der Waals surface area contributed by atoms with Gasteiger partial charge in [0.1, 0.15) is 0 Å². The largest absolute Gasteiger partial charge is 0.432 e. The Morgan fingerprint density at radius 2 is 2.12 bits per heavy atom. The van der Waals surface area contributed by atoms with Gasteiger partial charge in [-0.25, -0.2) is 0 Å². The fourth-order valence-electron chi connectivity index (χ4n) is 1.38. The fraction of sp³-hybridized carbons (Fsp3) is 0.111. The Bertz CT molecular complexity index is 616. The summed E-state index contributed by atoms with van der Waals surface area (Å²) in [5.74, 6) is 0.173. The van der Waals surface area contributed by atoms with Crippen LogP contribution in [0.1, 0.15) is 5.56 Å². The van der Waals surface area contributed by atoms with E-state index in [2.05, 4.69) is 14.2 Å². The summed E-state index contributed by atoms with van der Waals surface area (Å²) in [4.78, 5) is 7.41. The second-order valence-electron chi connectivity index (χ2n) is 3.26. The van der Waals surface area contributed by atoms with Gasteiger partial charge < -0.3 is 9.87 Å². The van der Waals surface area contributed by atoms with Crippen LogP contribution in [0.4, 0.5) is 0 Å². The molecule has 86 valence electrons.